The predicted octanol–water partition coefficient (Wildman–Crippen LogP) is 6.39. The van der Waals surface area contributed by atoms with E-state index in [1.54, 1.807) is 6.07 Å². The lowest BCUT2D eigenvalue weighted by molar-refractivity contribution is -0.384. The van der Waals surface area contributed by atoms with Crippen molar-refractivity contribution in [3.05, 3.63) is 76.6 Å². The number of ether oxygens (including phenoxy) is 1. The molecule has 7 heteroatoms. The first kappa shape index (κ1) is 19.6. The standard InChI is InChI=1S/C23H19FN2O4/c1-2-3-12-29-21-10-8-17(13-19(21)24)15-4-6-16(7-5-15)23-25-20-14-18(26(27)28)9-11-22(20)30-23/h4-11,13-14H,2-3,12H2,1H3. The van der Waals surface area contributed by atoms with Crippen LogP contribution in [0.1, 0.15) is 19.8 Å². The summed E-state index contributed by atoms with van der Waals surface area (Å²) in [6, 6.07) is 16.5. The van der Waals surface area contributed by atoms with Crippen molar-refractivity contribution in [2.45, 2.75) is 19.8 Å². The second-order valence-corrected chi connectivity index (χ2v) is 6.85. The van der Waals surface area contributed by atoms with Gasteiger partial charge in [0.05, 0.1) is 11.5 Å². The highest BCUT2D eigenvalue weighted by Gasteiger charge is 2.13. The number of oxazole rings is 1. The van der Waals surface area contributed by atoms with Crippen LogP contribution in [-0.2, 0) is 0 Å². The molecule has 0 aliphatic rings. The van der Waals surface area contributed by atoms with E-state index in [9.17, 15) is 14.5 Å². The third-order valence-electron chi connectivity index (χ3n) is 4.73. The molecule has 0 bridgehead atoms. The summed E-state index contributed by atoms with van der Waals surface area (Å²) in [4.78, 5) is 14.8. The molecule has 0 amide bonds. The number of hydrogen-bond acceptors (Lipinski definition) is 5. The maximum Gasteiger partial charge on any atom is 0.271 e. The summed E-state index contributed by atoms with van der Waals surface area (Å²) in [6.07, 6.45) is 1.87. The van der Waals surface area contributed by atoms with Gasteiger partial charge in [0, 0.05) is 17.7 Å². The fourth-order valence-electron chi connectivity index (χ4n) is 3.08. The van der Waals surface area contributed by atoms with Gasteiger partial charge in [-0.2, -0.15) is 0 Å². The first-order valence-corrected chi connectivity index (χ1v) is 9.63. The summed E-state index contributed by atoms with van der Waals surface area (Å²) in [5, 5.41) is 10.9. The third kappa shape index (κ3) is 4.00. The van der Waals surface area contributed by atoms with Crippen LogP contribution in [0.3, 0.4) is 0 Å². The molecule has 0 aliphatic carbocycles. The summed E-state index contributed by atoms with van der Waals surface area (Å²) in [7, 11) is 0. The number of non-ortho nitro benzene ring substituents is 1. The largest absolute Gasteiger partial charge is 0.491 e. The number of hydrogen-bond donors (Lipinski definition) is 0. The van der Waals surface area contributed by atoms with Crippen molar-refractivity contribution in [3.63, 3.8) is 0 Å². The molecule has 1 heterocycles. The molecule has 0 unspecified atom stereocenters. The van der Waals surface area contributed by atoms with Gasteiger partial charge in [-0.1, -0.05) is 31.5 Å². The van der Waals surface area contributed by atoms with E-state index in [0.717, 1.165) is 29.5 Å². The molecule has 4 rings (SSSR count). The van der Waals surface area contributed by atoms with Crippen molar-refractivity contribution < 1.29 is 18.5 Å². The minimum Gasteiger partial charge on any atom is -0.491 e. The minimum absolute atomic E-state index is 0.0400. The van der Waals surface area contributed by atoms with Crippen LogP contribution in [0.2, 0.25) is 0 Å². The van der Waals surface area contributed by atoms with E-state index >= 15 is 0 Å². The maximum absolute atomic E-state index is 14.3. The van der Waals surface area contributed by atoms with Crippen LogP contribution in [0.15, 0.2) is 65.1 Å². The normalized spacial score (nSPS) is 11.0. The van der Waals surface area contributed by atoms with E-state index in [-0.39, 0.29) is 11.4 Å². The second-order valence-electron chi connectivity index (χ2n) is 6.85. The average molecular weight is 406 g/mol. The zero-order chi connectivity index (χ0) is 21.1. The van der Waals surface area contributed by atoms with E-state index in [1.165, 1.54) is 24.3 Å². The highest BCUT2D eigenvalue weighted by atomic mass is 19.1. The van der Waals surface area contributed by atoms with Crippen LogP contribution >= 0.6 is 0 Å². The molecule has 0 atom stereocenters. The summed E-state index contributed by atoms with van der Waals surface area (Å²) < 4.78 is 25.5. The Morgan fingerprint density at radius 3 is 2.47 bits per heavy atom. The van der Waals surface area contributed by atoms with E-state index in [1.807, 2.05) is 30.3 Å². The number of fused-ring (bicyclic) bond motifs is 1. The Balaban J connectivity index is 1.56. The number of unbranched alkanes of at least 4 members (excludes halogenated alkanes) is 1. The maximum atomic E-state index is 14.3. The van der Waals surface area contributed by atoms with Gasteiger partial charge in [0.25, 0.3) is 5.69 Å². The van der Waals surface area contributed by atoms with Crippen molar-refractivity contribution in [1.29, 1.82) is 0 Å². The quantitative estimate of drug-likeness (QED) is 0.202. The smallest absolute Gasteiger partial charge is 0.271 e. The van der Waals surface area contributed by atoms with Crippen LogP contribution in [0.5, 0.6) is 5.75 Å². The molecule has 30 heavy (non-hydrogen) atoms. The number of halogens is 1. The van der Waals surface area contributed by atoms with Crippen molar-refractivity contribution >= 4 is 16.8 Å². The monoisotopic (exact) mass is 406 g/mol. The first-order valence-electron chi connectivity index (χ1n) is 9.63. The Kier molecular flexibility index (Phi) is 5.43. The van der Waals surface area contributed by atoms with Gasteiger partial charge in [-0.05, 0) is 47.9 Å². The zero-order valence-corrected chi connectivity index (χ0v) is 16.3. The summed E-state index contributed by atoms with van der Waals surface area (Å²) >= 11 is 0. The van der Waals surface area contributed by atoms with Crippen molar-refractivity contribution in [2.24, 2.45) is 0 Å². The molecule has 0 fully saturated rings. The number of nitro benzene ring substituents is 1. The zero-order valence-electron chi connectivity index (χ0n) is 16.3. The molecular weight excluding hydrogens is 387 g/mol. The Hall–Kier alpha value is -3.74. The van der Waals surface area contributed by atoms with E-state index in [2.05, 4.69) is 11.9 Å². The fraction of sp³-hybridized carbons (Fsp3) is 0.174. The molecule has 0 radical (unpaired) electrons. The molecule has 0 saturated heterocycles. The molecule has 0 aliphatic heterocycles. The number of rotatable bonds is 7. The minimum atomic E-state index is -0.470. The molecule has 0 N–H and O–H groups in total. The average Bonchev–Trinajstić information content (AvgIpc) is 3.18. The van der Waals surface area contributed by atoms with Gasteiger partial charge < -0.3 is 9.15 Å². The van der Waals surface area contributed by atoms with E-state index < -0.39 is 10.7 Å². The van der Waals surface area contributed by atoms with E-state index in [4.69, 9.17) is 9.15 Å². The van der Waals surface area contributed by atoms with Crippen LogP contribution in [-0.4, -0.2) is 16.5 Å². The number of nitrogens with zero attached hydrogens (tertiary/aromatic N) is 2. The molecule has 1 aromatic heterocycles. The lowest BCUT2D eigenvalue weighted by Crippen LogP contribution is -1.98. The van der Waals surface area contributed by atoms with Gasteiger partial charge in [-0.25, -0.2) is 9.37 Å². The molecule has 4 aromatic rings. The van der Waals surface area contributed by atoms with Gasteiger partial charge in [0.15, 0.2) is 17.1 Å². The molecular formula is C23H19FN2O4. The summed E-state index contributed by atoms with van der Waals surface area (Å²) in [6.45, 7) is 2.55. The van der Waals surface area contributed by atoms with Crippen LogP contribution in [0, 0.1) is 15.9 Å². The predicted molar refractivity (Wildman–Crippen MR) is 112 cm³/mol. The number of aromatic nitrogens is 1. The Morgan fingerprint density at radius 1 is 1.03 bits per heavy atom. The highest BCUT2D eigenvalue weighted by Crippen LogP contribution is 2.30. The van der Waals surface area contributed by atoms with Gasteiger partial charge in [0.2, 0.25) is 5.89 Å². The summed E-state index contributed by atoms with van der Waals surface area (Å²) in [5.74, 6) is 0.223. The van der Waals surface area contributed by atoms with Crippen LogP contribution < -0.4 is 4.74 Å². The van der Waals surface area contributed by atoms with E-state index in [0.29, 0.717) is 23.6 Å². The Labute approximate surface area is 172 Å². The van der Waals surface area contributed by atoms with Crippen LogP contribution in [0.4, 0.5) is 10.1 Å². The van der Waals surface area contributed by atoms with Gasteiger partial charge in [0.1, 0.15) is 5.52 Å². The second kappa shape index (κ2) is 8.32. The van der Waals surface area contributed by atoms with Crippen LogP contribution in [0.25, 0.3) is 33.7 Å². The Morgan fingerprint density at radius 2 is 1.77 bits per heavy atom. The van der Waals surface area contributed by atoms with Gasteiger partial charge in [-0.15, -0.1) is 0 Å². The topological polar surface area (TPSA) is 78.4 Å². The summed E-state index contributed by atoms with van der Waals surface area (Å²) in [5.41, 5.74) is 3.14. The van der Waals surface area contributed by atoms with Crippen molar-refractivity contribution in [1.82, 2.24) is 4.98 Å². The molecule has 152 valence electrons. The van der Waals surface area contributed by atoms with Crippen molar-refractivity contribution in [3.8, 4) is 28.3 Å². The molecule has 0 spiro atoms. The Bertz CT molecular complexity index is 1200. The van der Waals surface area contributed by atoms with Gasteiger partial charge >= 0.3 is 0 Å². The molecule has 6 nitrogen and oxygen atoms in total. The lowest BCUT2D eigenvalue weighted by Gasteiger charge is -2.08. The first-order chi connectivity index (χ1) is 14.5. The van der Waals surface area contributed by atoms with Crippen molar-refractivity contribution in [2.75, 3.05) is 6.61 Å². The third-order valence-corrected chi connectivity index (χ3v) is 4.73. The lowest BCUT2D eigenvalue weighted by atomic mass is 10.0. The SMILES string of the molecule is CCCCOc1ccc(-c2ccc(-c3nc4cc([N+](=O)[O-])ccc4o3)cc2)cc1F. The molecule has 3 aromatic carbocycles. The molecule has 0 saturated carbocycles. The highest BCUT2D eigenvalue weighted by molar-refractivity contribution is 5.79. The fourth-order valence-corrected chi connectivity index (χ4v) is 3.08. The van der Waals surface area contributed by atoms with Gasteiger partial charge in [-0.3, -0.25) is 10.1 Å². The number of nitro groups is 1. The number of benzene rings is 3.